The fourth-order valence-corrected chi connectivity index (χ4v) is 1.92. The van der Waals surface area contributed by atoms with Crippen molar-refractivity contribution < 1.29 is 14.3 Å². The van der Waals surface area contributed by atoms with Crippen molar-refractivity contribution in [3.8, 4) is 12.8 Å². The lowest BCUT2D eigenvalue weighted by molar-refractivity contribution is -0.125. The number of nitrogens with one attached hydrogen (secondary N) is 1. The summed E-state index contributed by atoms with van der Waals surface area (Å²) in [6.07, 6.45) is 11.3. The molecule has 0 heterocycles. The van der Waals surface area contributed by atoms with E-state index in [-0.39, 0.29) is 17.7 Å². The zero-order chi connectivity index (χ0) is 24.4. The summed E-state index contributed by atoms with van der Waals surface area (Å²) in [6.45, 7) is 23.9. The largest absolute Gasteiger partial charge is 0.501 e. The molecule has 1 atom stereocenters. The zero-order valence-electron chi connectivity index (χ0n) is 21.5. The Labute approximate surface area is 182 Å². The maximum absolute atomic E-state index is 11.6. The third kappa shape index (κ3) is 28.5. The molecule has 1 amide bonds. The highest BCUT2D eigenvalue weighted by Crippen LogP contribution is 2.27. The van der Waals surface area contributed by atoms with E-state index >= 15 is 0 Å². The van der Waals surface area contributed by atoms with Gasteiger partial charge in [0.25, 0.3) is 0 Å². The Balaban J connectivity index is -0.000000294. The third-order valence-corrected chi connectivity index (χ3v) is 3.33. The van der Waals surface area contributed by atoms with Crippen molar-refractivity contribution >= 4 is 11.7 Å². The molecule has 1 unspecified atom stereocenters. The number of ketones is 1. The molecule has 0 aliphatic rings. The minimum Gasteiger partial charge on any atom is -0.501 e. The maximum atomic E-state index is 11.6. The highest BCUT2D eigenvalue weighted by atomic mass is 16.5. The number of amides is 1. The molecular formula is C25H49NO3. The first-order chi connectivity index (χ1) is 13.1. The van der Waals surface area contributed by atoms with Gasteiger partial charge in [-0.05, 0) is 30.8 Å². The van der Waals surface area contributed by atoms with Gasteiger partial charge in [-0.2, -0.15) is 0 Å². The molecule has 0 aromatic carbocycles. The molecule has 0 radical (unpaired) electrons. The number of methoxy groups -OCH3 is 1. The molecule has 0 aromatic rings. The van der Waals surface area contributed by atoms with Crippen molar-refractivity contribution in [2.45, 2.75) is 102 Å². The zero-order valence-corrected chi connectivity index (χ0v) is 21.5. The molecule has 0 aliphatic heterocycles. The van der Waals surface area contributed by atoms with E-state index < -0.39 is 5.41 Å². The predicted molar refractivity (Wildman–Crippen MR) is 128 cm³/mol. The first-order valence-corrected chi connectivity index (χ1v) is 10.4. The smallest absolute Gasteiger partial charge is 0.217 e. The number of hydrogen-bond acceptors (Lipinski definition) is 3. The first kappa shape index (κ1) is 34.7. The topological polar surface area (TPSA) is 55.4 Å². The first-order valence-electron chi connectivity index (χ1n) is 10.4. The number of ether oxygens (including phenoxy) is 1. The Hall–Kier alpha value is -1.76. The lowest BCUT2D eigenvalue weighted by Gasteiger charge is -2.24. The monoisotopic (exact) mass is 411 g/mol. The molecule has 0 aliphatic carbocycles. The van der Waals surface area contributed by atoms with Gasteiger partial charge in [0.15, 0.2) is 0 Å². The highest BCUT2D eigenvalue weighted by Gasteiger charge is 2.26. The number of carbonyl (C=O) groups excluding carboxylic acids is 2. The van der Waals surface area contributed by atoms with Crippen LogP contribution in [0.15, 0.2) is 11.8 Å². The molecule has 4 heteroatoms. The van der Waals surface area contributed by atoms with Crippen LogP contribution >= 0.6 is 0 Å². The minimum absolute atomic E-state index is 0.0619. The van der Waals surface area contributed by atoms with Crippen LogP contribution in [0.25, 0.3) is 0 Å². The van der Waals surface area contributed by atoms with Crippen molar-refractivity contribution in [1.82, 2.24) is 5.32 Å². The molecule has 0 rings (SSSR count). The second-order valence-electron chi connectivity index (χ2n) is 9.39. The van der Waals surface area contributed by atoms with E-state index in [4.69, 9.17) is 4.74 Å². The van der Waals surface area contributed by atoms with Gasteiger partial charge >= 0.3 is 0 Å². The predicted octanol–water partition coefficient (Wildman–Crippen LogP) is 6.40. The number of Topliss-reactive ketones (excluding diaryl/α,β-unsaturated/α-hetero) is 1. The van der Waals surface area contributed by atoms with Crippen LogP contribution in [0.3, 0.4) is 0 Å². The van der Waals surface area contributed by atoms with Crippen LogP contribution in [-0.2, 0) is 14.3 Å². The van der Waals surface area contributed by atoms with Crippen LogP contribution in [0.4, 0.5) is 0 Å². The van der Waals surface area contributed by atoms with Gasteiger partial charge < -0.3 is 10.1 Å². The lowest BCUT2D eigenvalue weighted by Crippen LogP contribution is -2.33. The van der Waals surface area contributed by atoms with Crippen LogP contribution in [0.2, 0.25) is 0 Å². The van der Waals surface area contributed by atoms with Crippen LogP contribution in [0.5, 0.6) is 0 Å². The summed E-state index contributed by atoms with van der Waals surface area (Å²) in [5.41, 5.74) is 0.0421. The molecule has 4 nitrogen and oxygen atoms in total. The highest BCUT2D eigenvalue weighted by molar-refractivity contribution is 5.81. The lowest BCUT2D eigenvalue weighted by atomic mass is 9.84. The van der Waals surface area contributed by atoms with Crippen molar-refractivity contribution in [3.63, 3.8) is 0 Å². The molecule has 1 N–H and O–H groups in total. The number of terminal acetylenes is 1. The summed E-state index contributed by atoms with van der Waals surface area (Å²) in [5, 5.41) is 2.91. The second-order valence-corrected chi connectivity index (χ2v) is 9.39. The summed E-state index contributed by atoms with van der Waals surface area (Å²) in [6, 6.07) is -0.0646. The molecular weight excluding hydrogens is 362 g/mol. The van der Waals surface area contributed by atoms with Crippen LogP contribution < -0.4 is 5.32 Å². The summed E-state index contributed by atoms with van der Waals surface area (Å²) < 4.78 is 5.39. The minimum atomic E-state index is -0.458. The molecule has 0 aromatic heterocycles. The summed E-state index contributed by atoms with van der Waals surface area (Å²) in [5.74, 6) is 1.26. The normalized spacial score (nSPS) is 12.1. The number of hydrogen-bond donors (Lipinski definition) is 1. The molecule has 0 spiro atoms. The van der Waals surface area contributed by atoms with E-state index in [2.05, 4.69) is 59.7 Å². The van der Waals surface area contributed by atoms with Crippen LogP contribution in [0, 0.1) is 29.6 Å². The van der Waals surface area contributed by atoms with Gasteiger partial charge in [0.2, 0.25) is 5.91 Å². The van der Waals surface area contributed by atoms with Crippen molar-refractivity contribution in [3.05, 3.63) is 11.8 Å². The van der Waals surface area contributed by atoms with Crippen LogP contribution in [-0.4, -0.2) is 24.8 Å². The third-order valence-electron chi connectivity index (χ3n) is 3.33. The van der Waals surface area contributed by atoms with E-state index in [1.54, 1.807) is 14.0 Å². The average molecular weight is 412 g/mol. The van der Waals surface area contributed by atoms with Crippen LogP contribution in [0.1, 0.15) is 95.9 Å². The molecule has 172 valence electrons. The molecule has 0 bridgehead atoms. The van der Waals surface area contributed by atoms with Gasteiger partial charge in [-0.3, -0.25) is 9.59 Å². The van der Waals surface area contributed by atoms with E-state index in [0.717, 1.165) is 12.2 Å². The molecule has 0 saturated heterocycles. The van der Waals surface area contributed by atoms with E-state index in [9.17, 15) is 9.59 Å². The fraction of sp³-hybridized carbons (Fsp3) is 0.760. The summed E-state index contributed by atoms with van der Waals surface area (Å²) >= 11 is 0. The van der Waals surface area contributed by atoms with Gasteiger partial charge in [-0.15, -0.1) is 12.8 Å². The Kier molecular flexibility index (Phi) is 21.9. The Morgan fingerprint density at radius 2 is 1.38 bits per heavy atom. The van der Waals surface area contributed by atoms with Gasteiger partial charge in [0.05, 0.1) is 18.9 Å². The molecule has 0 saturated carbocycles. The van der Waals surface area contributed by atoms with E-state index in [0.29, 0.717) is 17.8 Å². The summed E-state index contributed by atoms with van der Waals surface area (Å²) in [7, 11) is 1.60. The Morgan fingerprint density at radius 1 is 1.00 bits per heavy atom. The number of allylic oxidation sites excluding steroid dienone is 1. The Morgan fingerprint density at radius 3 is 1.62 bits per heavy atom. The molecule has 29 heavy (non-hydrogen) atoms. The van der Waals surface area contributed by atoms with Gasteiger partial charge in [0.1, 0.15) is 5.78 Å². The fourth-order valence-electron chi connectivity index (χ4n) is 1.92. The SMILES string of the molecule is C#C.CC.CC(C)(C)C.CO/C(=C\C(CC(C)C)NC(C)=O)CC(C)(C)C(C)=O. The quantitative estimate of drug-likeness (QED) is 0.371. The van der Waals surface area contributed by atoms with E-state index in [1.165, 1.54) is 6.92 Å². The standard InChI is InChI=1S/C16H29NO3.C5H12.C2H6.C2H2/c1-11(2)8-14(17-13(4)19)9-15(20-7)10-16(5,6)12(3)18;1-5(2,3)4;2*1-2/h9,11,14H,8,10H2,1-7H3,(H,17,19);1-4H3;1-2H3;1-2H/b15-9-;;;. The van der Waals surface area contributed by atoms with Crippen molar-refractivity contribution in [1.29, 1.82) is 0 Å². The average Bonchev–Trinajstić information content (AvgIpc) is 2.54. The second kappa shape index (κ2) is 18.3. The van der Waals surface area contributed by atoms with E-state index in [1.807, 2.05) is 33.8 Å². The Bertz CT molecular complexity index is 474. The number of rotatable bonds is 8. The molecule has 0 fully saturated rings. The number of carbonyl (C=O) groups is 2. The van der Waals surface area contributed by atoms with Gasteiger partial charge in [0, 0.05) is 18.8 Å². The summed E-state index contributed by atoms with van der Waals surface area (Å²) in [4.78, 5) is 22.9. The van der Waals surface area contributed by atoms with Crippen molar-refractivity contribution in [2.24, 2.45) is 16.7 Å². The maximum Gasteiger partial charge on any atom is 0.217 e. The van der Waals surface area contributed by atoms with Crippen molar-refractivity contribution in [2.75, 3.05) is 7.11 Å². The van der Waals surface area contributed by atoms with Gasteiger partial charge in [-0.1, -0.05) is 69.2 Å². The van der Waals surface area contributed by atoms with Gasteiger partial charge in [-0.25, -0.2) is 0 Å².